The Morgan fingerprint density at radius 2 is 1.68 bits per heavy atom. The highest BCUT2D eigenvalue weighted by atomic mass is 16.5. The summed E-state index contributed by atoms with van der Waals surface area (Å²) < 4.78 is 7.14. The Labute approximate surface area is 200 Å². The molecule has 8 nitrogen and oxygen atoms in total. The summed E-state index contributed by atoms with van der Waals surface area (Å²) in [6.07, 6.45) is 1.80. The van der Waals surface area contributed by atoms with Crippen molar-refractivity contribution in [2.75, 3.05) is 53.9 Å². The molecular weight excluding hydrogens is 430 g/mol. The molecule has 0 bridgehead atoms. The van der Waals surface area contributed by atoms with E-state index in [-0.39, 0.29) is 11.8 Å². The standard InChI is InChI=1S/C26H31N5O3/c1-19-8-10-21(11-9-19)31-17-23(25(27-31)20-6-5-7-22(16-20)34-4)26(33)30-14-12-29(13-15-30)24(32)18-28(2)3/h5-11,16-17H,12-15,18H2,1-4H3. The van der Waals surface area contributed by atoms with Crippen molar-refractivity contribution in [1.82, 2.24) is 24.5 Å². The van der Waals surface area contributed by atoms with Crippen molar-refractivity contribution >= 4 is 11.8 Å². The molecule has 1 fully saturated rings. The molecule has 0 saturated carbocycles. The summed E-state index contributed by atoms with van der Waals surface area (Å²) in [5, 5.41) is 4.79. The van der Waals surface area contributed by atoms with Crippen molar-refractivity contribution in [2.45, 2.75) is 6.92 Å². The van der Waals surface area contributed by atoms with Gasteiger partial charge in [-0.3, -0.25) is 9.59 Å². The molecule has 178 valence electrons. The highest BCUT2D eigenvalue weighted by Crippen LogP contribution is 2.28. The molecule has 0 spiro atoms. The van der Waals surface area contributed by atoms with Gasteiger partial charge < -0.3 is 19.4 Å². The Bertz CT molecular complexity index is 1160. The van der Waals surface area contributed by atoms with E-state index in [9.17, 15) is 9.59 Å². The topological polar surface area (TPSA) is 70.9 Å². The SMILES string of the molecule is COc1cccc(-c2nn(-c3ccc(C)cc3)cc2C(=O)N2CCN(C(=O)CN(C)C)CC2)c1. The minimum absolute atomic E-state index is 0.0846. The van der Waals surface area contributed by atoms with Gasteiger partial charge in [0, 0.05) is 37.9 Å². The number of carbonyl (C=O) groups excluding carboxylic acids is 2. The summed E-state index contributed by atoms with van der Waals surface area (Å²) in [7, 11) is 5.38. The first-order chi connectivity index (χ1) is 16.4. The quantitative estimate of drug-likeness (QED) is 0.565. The first-order valence-electron chi connectivity index (χ1n) is 11.4. The molecule has 2 amide bonds. The lowest BCUT2D eigenvalue weighted by Gasteiger charge is -2.35. The monoisotopic (exact) mass is 461 g/mol. The fraction of sp³-hybridized carbons (Fsp3) is 0.346. The molecule has 0 unspecified atom stereocenters. The molecule has 1 aromatic heterocycles. The van der Waals surface area contributed by atoms with Crippen LogP contribution < -0.4 is 4.74 Å². The van der Waals surface area contributed by atoms with Crippen LogP contribution in [0.25, 0.3) is 16.9 Å². The normalized spacial score (nSPS) is 13.9. The molecule has 8 heteroatoms. The minimum Gasteiger partial charge on any atom is -0.497 e. The van der Waals surface area contributed by atoms with Crippen LogP contribution in [-0.2, 0) is 4.79 Å². The third-order valence-corrected chi connectivity index (χ3v) is 5.96. The minimum atomic E-state index is -0.0871. The molecule has 0 radical (unpaired) electrons. The lowest BCUT2D eigenvalue weighted by Crippen LogP contribution is -2.52. The van der Waals surface area contributed by atoms with Gasteiger partial charge in [-0.25, -0.2) is 4.68 Å². The molecule has 2 aromatic carbocycles. The number of ether oxygens (including phenoxy) is 1. The smallest absolute Gasteiger partial charge is 0.257 e. The van der Waals surface area contributed by atoms with Crippen LogP contribution in [0.4, 0.5) is 0 Å². The van der Waals surface area contributed by atoms with Crippen LogP contribution in [0.2, 0.25) is 0 Å². The van der Waals surface area contributed by atoms with Crippen molar-refractivity contribution < 1.29 is 14.3 Å². The van der Waals surface area contributed by atoms with Gasteiger partial charge in [0.15, 0.2) is 0 Å². The molecule has 1 aliphatic rings. The van der Waals surface area contributed by atoms with Crippen molar-refractivity contribution in [3.05, 3.63) is 65.9 Å². The highest BCUT2D eigenvalue weighted by Gasteiger charge is 2.28. The van der Waals surface area contributed by atoms with Crippen molar-refractivity contribution in [1.29, 1.82) is 0 Å². The second kappa shape index (κ2) is 10.1. The van der Waals surface area contributed by atoms with E-state index in [2.05, 4.69) is 0 Å². The molecule has 3 aromatic rings. The molecule has 1 saturated heterocycles. The largest absolute Gasteiger partial charge is 0.497 e. The molecule has 34 heavy (non-hydrogen) atoms. The van der Waals surface area contributed by atoms with Crippen LogP contribution in [0.5, 0.6) is 5.75 Å². The predicted molar refractivity (Wildman–Crippen MR) is 131 cm³/mol. The third-order valence-electron chi connectivity index (χ3n) is 5.96. The summed E-state index contributed by atoms with van der Waals surface area (Å²) in [4.78, 5) is 31.5. The third kappa shape index (κ3) is 5.12. The van der Waals surface area contributed by atoms with Crippen LogP contribution >= 0.6 is 0 Å². The number of hydrogen-bond acceptors (Lipinski definition) is 5. The Kier molecular flexibility index (Phi) is 6.98. The number of benzene rings is 2. The summed E-state index contributed by atoms with van der Waals surface area (Å²) in [6, 6.07) is 15.6. The average Bonchev–Trinajstić information content (AvgIpc) is 3.29. The second-order valence-electron chi connectivity index (χ2n) is 8.81. The number of hydrogen-bond donors (Lipinski definition) is 0. The first-order valence-corrected chi connectivity index (χ1v) is 11.4. The summed E-state index contributed by atoms with van der Waals surface area (Å²) in [5.41, 5.74) is 3.99. The van der Waals surface area contributed by atoms with Gasteiger partial charge in [0.25, 0.3) is 5.91 Å². The Balaban J connectivity index is 1.62. The van der Waals surface area contributed by atoms with Gasteiger partial charge in [-0.1, -0.05) is 29.8 Å². The second-order valence-corrected chi connectivity index (χ2v) is 8.81. The lowest BCUT2D eigenvalue weighted by atomic mass is 10.1. The maximum atomic E-state index is 13.6. The number of carbonyl (C=O) groups is 2. The zero-order chi connectivity index (χ0) is 24.2. The Morgan fingerprint density at radius 1 is 1.00 bits per heavy atom. The van der Waals surface area contributed by atoms with E-state index in [4.69, 9.17) is 9.84 Å². The van der Waals surface area contributed by atoms with E-state index in [1.807, 2.05) is 79.3 Å². The zero-order valence-electron chi connectivity index (χ0n) is 20.2. The van der Waals surface area contributed by atoms with Crippen molar-refractivity contribution in [2.24, 2.45) is 0 Å². The number of nitrogens with zero attached hydrogens (tertiary/aromatic N) is 5. The highest BCUT2D eigenvalue weighted by molar-refractivity contribution is 6.00. The van der Waals surface area contributed by atoms with E-state index in [1.165, 1.54) is 0 Å². The fourth-order valence-corrected chi connectivity index (χ4v) is 4.04. The van der Waals surface area contributed by atoms with E-state index in [0.29, 0.717) is 49.7 Å². The van der Waals surface area contributed by atoms with Gasteiger partial charge in [-0.15, -0.1) is 0 Å². The van der Waals surface area contributed by atoms with Crippen molar-refractivity contribution in [3.8, 4) is 22.7 Å². The van der Waals surface area contributed by atoms with Gasteiger partial charge >= 0.3 is 0 Å². The molecule has 1 aliphatic heterocycles. The van der Waals surface area contributed by atoms with Crippen LogP contribution in [0.15, 0.2) is 54.7 Å². The molecule has 4 rings (SSSR count). The summed E-state index contributed by atoms with van der Waals surface area (Å²) in [5.74, 6) is 0.700. The first kappa shape index (κ1) is 23.5. The number of aryl methyl sites for hydroxylation is 1. The van der Waals surface area contributed by atoms with Crippen LogP contribution in [0.1, 0.15) is 15.9 Å². The molecule has 0 N–H and O–H groups in total. The molecular formula is C26H31N5O3. The van der Waals surface area contributed by atoms with Gasteiger partial charge in [0.2, 0.25) is 5.91 Å². The maximum Gasteiger partial charge on any atom is 0.257 e. The van der Waals surface area contributed by atoms with E-state index in [0.717, 1.165) is 16.8 Å². The molecule has 0 atom stereocenters. The van der Waals surface area contributed by atoms with Crippen LogP contribution in [0.3, 0.4) is 0 Å². The Hall–Kier alpha value is -3.65. The summed E-state index contributed by atoms with van der Waals surface area (Å²) >= 11 is 0. The molecule has 2 heterocycles. The maximum absolute atomic E-state index is 13.6. The van der Waals surface area contributed by atoms with Crippen LogP contribution in [-0.4, -0.2) is 90.2 Å². The average molecular weight is 462 g/mol. The van der Waals surface area contributed by atoms with E-state index >= 15 is 0 Å². The number of likely N-dealkylation sites (N-methyl/N-ethyl adjacent to an activating group) is 1. The predicted octanol–water partition coefficient (Wildman–Crippen LogP) is 2.70. The van der Waals surface area contributed by atoms with Crippen molar-refractivity contribution in [3.63, 3.8) is 0 Å². The van der Waals surface area contributed by atoms with Gasteiger partial charge in [-0.2, -0.15) is 5.10 Å². The van der Waals surface area contributed by atoms with Gasteiger partial charge in [0.05, 0.1) is 24.9 Å². The van der Waals surface area contributed by atoms with E-state index < -0.39 is 0 Å². The zero-order valence-corrected chi connectivity index (χ0v) is 20.2. The number of amides is 2. The van der Waals surface area contributed by atoms with Gasteiger partial charge in [0.1, 0.15) is 11.4 Å². The number of rotatable bonds is 6. The number of aromatic nitrogens is 2. The number of methoxy groups -OCH3 is 1. The van der Waals surface area contributed by atoms with Crippen LogP contribution in [0, 0.1) is 6.92 Å². The van der Waals surface area contributed by atoms with Gasteiger partial charge in [-0.05, 0) is 45.3 Å². The molecule has 0 aliphatic carbocycles. The summed E-state index contributed by atoms with van der Waals surface area (Å²) in [6.45, 7) is 4.44. The van der Waals surface area contributed by atoms with E-state index in [1.54, 1.807) is 22.9 Å². The lowest BCUT2D eigenvalue weighted by molar-refractivity contribution is -0.133. The number of piperazine rings is 1. The fourth-order valence-electron chi connectivity index (χ4n) is 4.04. The Morgan fingerprint density at radius 3 is 2.32 bits per heavy atom.